The van der Waals surface area contributed by atoms with Crippen LogP contribution in [0.2, 0.25) is 0 Å². The summed E-state index contributed by atoms with van der Waals surface area (Å²) in [5.74, 6) is 2.02. The Morgan fingerprint density at radius 2 is 1.81 bits per heavy atom. The molecule has 1 N–H and O–H groups in total. The maximum Gasteiger partial charge on any atom is 0.271 e. The second-order valence-corrected chi connectivity index (χ2v) is 8.61. The average Bonchev–Trinajstić information content (AvgIpc) is 2.75. The van der Waals surface area contributed by atoms with Gasteiger partial charge in [0.25, 0.3) is 11.5 Å². The lowest BCUT2D eigenvalue weighted by Crippen LogP contribution is -2.39. The summed E-state index contributed by atoms with van der Waals surface area (Å²) in [6.07, 6.45) is 3.30. The molecule has 1 amide bonds. The fourth-order valence-electron chi connectivity index (χ4n) is 4.22. The third kappa shape index (κ3) is 7.51. The molecule has 0 radical (unpaired) electrons. The monoisotopic (exact) mass is 426 g/mol. The van der Waals surface area contributed by atoms with Gasteiger partial charge in [0, 0.05) is 25.7 Å². The van der Waals surface area contributed by atoms with Gasteiger partial charge in [0.1, 0.15) is 18.1 Å². The fourth-order valence-corrected chi connectivity index (χ4v) is 4.22. The summed E-state index contributed by atoms with van der Waals surface area (Å²) in [5, 5.41) is 7.11. The first-order valence-corrected chi connectivity index (χ1v) is 11.3. The molecule has 1 fully saturated rings. The van der Waals surface area contributed by atoms with Crippen LogP contribution in [0.15, 0.2) is 47.3 Å². The number of hydrogen-bond acceptors (Lipinski definition) is 5. The van der Waals surface area contributed by atoms with Gasteiger partial charge in [-0.25, -0.2) is 4.68 Å². The van der Waals surface area contributed by atoms with E-state index in [9.17, 15) is 9.59 Å². The molecular weight excluding hydrogens is 392 g/mol. The zero-order valence-electron chi connectivity index (χ0n) is 18.6. The number of amides is 1. The van der Waals surface area contributed by atoms with Crippen molar-refractivity contribution in [2.24, 2.45) is 11.8 Å². The highest BCUT2D eigenvalue weighted by atomic mass is 16.5. The number of aromatic nitrogens is 2. The van der Waals surface area contributed by atoms with Crippen LogP contribution in [-0.4, -0.2) is 53.4 Å². The molecule has 3 rings (SSSR count). The maximum atomic E-state index is 12.4. The number of carbonyl (C=O) groups excluding carboxylic acids is 1. The number of ether oxygens (including phenoxy) is 1. The molecule has 1 aliphatic heterocycles. The fraction of sp³-hybridized carbons (Fsp3) is 0.542. The Balaban J connectivity index is 1.39. The van der Waals surface area contributed by atoms with E-state index in [-0.39, 0.29) is 23.7 Å². The zero-order valence-corrected chi connectivity index (χ0v) is 18.6. The van der Waals surface area contributed by atoms with E-state index in [1.54, 1.807) is 0 Å². The van der Waals surface area contributed by atoms with Crippen molar-refractivity contribution in [2.75, 3.05) is 32.8 Å². The molecule has 0 aliphatic carbocycles. The summed E-state index contributed by atoms with van der Waals surface area (Å²) in [6, 6.07) is 12.2. The molecule has 1 aromatic heterocycles. The number of nitrogens with one attached hydrogen (secondary N) is 1. The van der Waals surface area contributed by atoms with Crippen molar-refractivity contribution in [3.63, 3.8) is 0 Å². The summed E-state index contributed by atoms with van der Waals surface area (Å²) < 4.78 is 6.89. The van der Waals surface area contributed by atoms with Crippen LogP contribution in [0.25, 0.3) is 0 Å². The van der Waals surface area contributed by atoms with Gasteiger partial charge in [-0.05, 0) is 55.8 Å². The highest BCUT2D eigenvalue weighted by Gasteiger charge is 2.21. The zero-order chi connectivity index (χ0) is 22.1. The van der Waals surface area contributed by atoms with Crippen molar-refractivity contribution in [1.29, 1.82) is 0 Å². The molecular formula is C24H34N4O3. The van der Waals surface area contributed by atoms with E-state index in [1.165, 1.54) is 36.3 Å². The van der Waals surface area contributed by atoms with Crippen LogP contribution < -0.4 is 15.6 Å². The number of nitrogens with zero attached hydrogens (tertiary/aromatic N) is 3. The van der Waals surface area contributed by atoms with Crippen LogP contribution in [0.1, 0.15) is 43.6 Å². The minimum atomic E-state index is -0.252. The summed E-state index contributed by atoms with van der Waals surface area (Å²) in [7, 11) is 0. The number of unbranched alkanes of at least 4 members (excludes halogenated alkanes) is 1. The van der Waals surface area contributed by atoms with E-state index < -0.39 is 0 Å². The van der Waals surface area contributed by atoms with Crippen molar-refractivity contribution < 1.29 is 9.53 Å². The third-order valence-corrected chi connectivity index (χ3v) is 5.55. The molecule has 1 saturated heterocycles. The molecule has 0 spiro atoms. The first-order valence-electron chi connectivity index (χ1n) is 11.3. The smallest absolute Gasteiger partial charge is 0.271 e. The molecule has 2 atom stereocenters. The Morgan fingerprint density at radius 3 is 2.55 bits per heavy atom. The highest BCUT2D eigenvalue weighted by molar-refractivity contribution is 5.91. The van der Waals surface area contributed by atoms with Gasteiger partial charge in [-0.1, -0.05) is 32.0 Å². The Bertz CT molecular complexity index is 874. The maximum absolute atomic E-state index is 12.4. The average molecular weight is 427 g/mol. The number of benzene rings is 1. The van der Waals surface area contributed by atoms with Crippen molar-refractivity contribution in [3.05, 3.63) is 58.5 Å². The Labute approximate surface area is 184 Å². The normalized spacial score (nSPS) is 19.2. The number of likely N-dealkylation sites (tertiary alicyclic amines) is 1. The molecule has 31 heavy (non-hydrogen) atoms. The molecule has 2 aromatic rings. The summed E-state index contributed by atoms with van der Waals surface area (Å²) in [6.45, 7) is 9.26. The SMILES string of the molecule is CC1CC(C)CN(CCCCNC(=O)c2ccc(=O)n(CCOc3ccccc3)n2)C1. The lowest BCUT2D eigenvalue weighted by molar-refractivity contribution is 0.0943. The van der Waals surface area contributed by atoms with Crippen LogP contribution in [0.3, 0.4) is 0 Å². The Kier molecular flexibility index (Phi) is 8.64. The van der Waals surface area contributed by atoms with Gasteiger partial charge in [0.05, 0.1) is 6.54 Å². The largest absolute Gasteiger partial charge is 0.492 e. The molecule has 7 heteroatoms. The second kappa shape index (κ2) is 11.6. The third-order valence-electron chi connectivity index (χ3n) is 5.55. The Morgan fingerprint density at radius 1 is 1.06 bits per heavy atom. The lowest BCUT2D eigenvalue weighted by Gasteiger charge is -2.34. The first-order chi connectivity index (χ1) is 15.0. The van der Waals surface area contributed by atoms with Crippen molar-refractivity contribution in [1.82, 2.24) is 20.0 Å². The van der Waals surface area contributed by atoms with E-state index >= 15 is 0 Å². The van der Waals surface area contributed by atoms with Crippen LogP contribution in [0, 0.1) is 11.8 Å². The molecule has 7 nitrogen and oxygen atoms in total. The minimum Gasteiger partial charge on any atom is -0.492 e. The van der Waals surface area contributed by atoms with Gasteiger partial charge < -0.3 is 15.0 Å². The molecule has 2 unspecified atom stereocenters. The quantitative estimate of drug-likeness (QED) is 0.591. The van der Waals surface area contributed by atoms with Gasteiger partial charge in [-0.3, -0.25) is 9.59 Å². The van der Waals surface area contributed by atoms with E-state index in [0.717, 1.165) is 37.0 Å². The van der Waals surface area contributed by atoms with Crippen molar-refractivity contribution >= 4 is 5.91 Å². The molecule has 0 saturated carbocycles. The minimum absolute atomic E-state index is 0.248. The predicted molar refractivity (Wildman–Crippen MR) is 121 cm³/mol. The summed E-state index contributed by atoms with van der Waals surface area (Å²) in [5.41, 5.74) is -0.00353. The van der Waals surface area contributed by atoms with Crippen molar-refractivity contribution in [3.8, 4) is 5.75 Å². The van der Waals surface area contributed by atoms with Gasteiger partial charge >= 0.3 is 0 Å². The molecule has 1 aromatic carbocycles. The lowest BCUT2D eigenvalue weighted by atomic mass is 9.92. The number of para-hydroxylation sites is 1. The Hall–Kier alpha value is -2.67. The van der Waals surface area contributed by atoms with E-state index in [0.29, 0.717) is 13.2 Å². The van der Waals surface area contributed by atoms with Gasteiger partial charge in [0.2, 0.25) is 0 Å². The summed E-state index contributed by atoms with van der Waals surface area (Å²) in [4.78, 5) is 27.0. The molecule has 168 valence electrons. The van der Waals surface area contributed by atoms with Crippen LogP contribution in [0.5, 0.6) is 5.75 Å². The van der Waals surface area contributed by atoms with Crippen LogP contribution >= 0.6 is 0 Å². The van der Waals surface area contributed by atoms with Crippen LogP contribution in [0.4, 0.5) is 0 Å². The standard InChI is InChI=1S/C24H34N4O3/c1-19-16-20(2)18-27(17-19)13-7-6-12-25-24(30)22-10-11-23(29)28(26-22)14-15-31-21-8-4-3-5-9-21/h3-5,8-11,19-20H,6-7,12-18H2,1-2H3,(H,25,30). The molecule has 1 aliphatic rings. The van der Waals surface area contributed by atoms with Gasteiger partial charge in [-0.2, -0.15) is 5.10 Å². The highest BCUT2D eigenvalue weighted by Crippen LogP contribution is 2.20. The van der Waals surface area contributed by atoms with E-state index in [1.807, 2.05) is 30.3 Å². The topological polar surface area (TPSA) is 76.5 Å². The second-order valence-electron chi connectivity index (χ2n) is 8.61. The van der Waals surface area contributed by atoms with E-state index in [2.05, 4.69) is 29.2 Å². The van der Waals surface area contributed by atoms with E-state index in [4.69, 9.17) is 4.74 Å². The first kappa shape index (κ1) is 23.0. The summed E-state index contributed by atoms with van der Waals surface area (Å²) >= 11 is 0. The predicted octanol–water partition coefficient (Wildman–Crippen LogP) is 2.81. The number of carbonyl (C=O) groups is 1. The molecule has 0 bridgehead atoms. The van der Waals surface area contributed by atoms with Gasteiger partial charge in [0.15, 0.2) is 0 Å². The number of piperidine rings is 1. The number of hydrogen-bond donors (Lipinski definition) is 1. The van der Waals surface area contributed by atoms with Crippen molar-refractivity contribution in [2.45, 2.75) is 39.7 Å². The number of rotatable bonds is 10. The van der Waals surface area contributed by atoms with Crippen LogP contribution in [-0.2, 0) is 6.54 Å². The van der Waals surface area contributed by atoms with Gasteiger partial charge in [-0.15, -0.1) is 0 Å². The molecule has 2 heterocycles.